The van der Waals surface area contributed by atoms with Crippen LogP contribution >= 0.6 is 11.3 Å². The molecule has 0 radical (unpaired) electrons. The number of thiazole rings is 1. The molecule has 2 heterocycles. The first-order valence-corrected chi connectivity index (χ1v) is 9.10. The van der Waals surface area contributed by atoms with Crippen molar-refractivity contribution in [2.75, 3.05) is 11.9 Å². The minimum Gasteiger partial charge on any atom is -0.359 e. The van der Waals surface area contributed by atoms with Crippen molar-refractivity contribution in [1.82, 2.24) is 9.88 Å². The lowest BCUT2D eigenvalue weighted by molar-refractivity contribution is 0.0657. The Labute approximate surface area is 140 Å². The summed E-state index contributed by atoms with van der Waals surface area (Å²) in [7, 11) is 0. The van der Waals surface area contributed by atoms with Crippen molar-refractivity contribution in [3.05, 3.63) is 45.4 Å². The summed E-state index contributed by atoms with van der Waals surface area (Å²) in [5.74, 6) is 0.522. The van der Waals surface area contributed by atoms with E-state index in [1.54, 1.807) is 11.3 Å². The quantitative estimate of drug-likeness (QED) is 0.931. The number of fused-ring (bicyclic) bond motifs is 2. The first-order chi connectivity index (χ1) is 11.1. The third-order valence-electron chi connectivity index (χ3n) is 4.43. The van der Waals surface area contributed by atoms with Crippen LogP contribution in [-0.2, 0) is 12.8 Å². The summed E-state index contributed by atoms with van der Waals surface area (Å²) in [6.07, 6.45) is 3.28. The molecule has 1 aliphatic carbocycles. The molecule has 2 aromatic rings. The lowest BCUT2D eigenvalue weighted by Gasteiger charge is -2.37. The molecule has 0 fully saturated rings. The average Bonchev–Trinajstić information content (AvgIpc) is 3.11. The molecule has 120 valence electrons. The molecule has 2 aliphatic rings. The summed E-state index contributed by atoms with van der Waals surface area (Å²) in [5, 5.41) is 4.57. The molecule has 0 unspecified atom stereocenters. The molecular weight excluding hydrogens is 306 g/mol. The Morgan fingerprint density at radius 3 is 2.96 bits per heavy atom. The van der Waals surface area contributed by atoms with Crippen molar-refractivity contribution < 1.29 is 4.79 Å². The molecular formula is C18H21N3OS. The van der Waals surface area contributed by atoms with Gasteiger partial charge in [-0.1, -0.05) is 26.0 Å². The van der Waals surface area contributed by atoms with Crippen molar-refractivity contribution >= 4 is 22.9 Å². The van der Waals surface area contributed by atoms with E-state index < -0.39 is 0 Å². The number of rotatable bonds is 3. The van der Waals surface area contributed by atoms with E-state index in [9.17, 15) is 4.79 Å². The predicted molar refractivity (Wildman–Crippen MR) is 92.8 cm³/mol. The Kier molecular flexibility index (Phi) is 3.60. The number of aromatic nitrogens is 1. The molecule has 0 bridgehead atoms. The SMILES string of the molecule is CC(C)CN1C(=O)c2ccccc2N[C@@H]1c1nc2c(s1)CCC2. The fraction of sp³-hybridized carbons (Fsp3) is 0.444. The number of nitrogens with one attached hydrogen (secondary N) is 1. The lowest BCUT2D eigenvalue weighted by Crippen LogP contribution is -2.44. The van der Waals surface area contributed by atoms with E-state index in [4.69, 9.17) is 4.98 Å². The maximum Gasteiger partial charge on any atom is 0.257 e. The first-order valence-electron chi connectivity index (χ1n) is 8.28. The van der Waals surface area contributed by atoms with E-state index in [0.29, 0.717) is 5.92 Å². The number of aryl methyl sites for hydroxylation is 2. The minimum atomic E-state index is -0.143. The number of carbonyl (C=O) groups is 1. The minimum absolute atomic E-state index is 0.105. The zero-order valence-electron chi connectivity index (χ0n) is 13.5. The molecule has 1 N–H and O–H groups in total. The Morgan fingerprint density at radius 1 is 1.35 bits per heavy atom. The number of benzene rings is 1. The summed E-state index contributed by atoms with van der Waals surface area (Å²) >= 11 is 1.77. The summed E-state index contributed by atoms with van der Waals surface area (Å²) in [6.45, 7) is 5.02. The zero-order chi connectivity index (χ0) is 16.0. The highest BCUT2D eigenvalue weighted by Gasteiger charge is 2.35. The Hall–Kier alpha value is -1.88. The average molecular weight is 327 g/mol. The number of para-hydroxylation sites is 1. The fourth-order valence-corrected chi connectivity index (χ4v) is 4.61. The second-order valence-corrected chi connectivity index (χ2v) is 7.83. The Bertz CT molecular complexity index is 731. The smallest absolute Gasteiger partial charge is 0.257 e. The van der Waals surface area contributed by atoms with Gasteiger partial charge in [0.25, 0.3) is 5.91 Å². The van der Waals surface area contributed by atoms with Gasteiger partial charge in [0, 0.05) is 17.1 Å². The highest BCUT2D eigenvalue weighted by atomic mass is 32.1. The van der Waals surface area contributed by atoms with Gasteiger partial charge in [0.2, 0.25) is 0 Å². The monoisotopic (exact) mass is 327 g/mol. The molecule has 0 saturated carbocycles. The summed E-state index contributed by atoms with van der Waals surface area (Å²) in [5.41, 5.74) is 2.91. The van der Waals surface area contributed by atoms with E-state index in [2.05, 4.69) is 19.2 Å². The molecule has 4 rings (SSSR count). The molecule has 1 amide bonds. The molecule has 1 atom stereocenters. The van der Waals surface area contributed by atoms with Crippen molar-refractivity contribution in [3.63, 3.8) is 0 Å². The normalized spacial score (nSPS) is 19.7. The number of carbonyl (C=O) groups excluding carboxylic acids is 1. The van der Waals surface area contributed by atoms with Crippen LogP contribution in [0.15, 0.2) is 24.3 Å². The summed E-state index contributed by atoms with van der Waals surface area (Å²) in [4.78, 5) is 21.2. The van der Waals surface area contributed by atoms with Gasteiger partial charge in [-0.05, 0) is 37.3 Å². The van der Waals surface area contributed by atoms with Gasteiger partial charge in [0.1, 0.15) is 5.01 Å². The van der Waals surface area contributed by atoms with Crippen molar-refractivity contribution in [2.45, 2.75) is 39.3 Å². The highest BCUT2D eigenvalue weighted by molar-refractivity contribution is 7.11. The van der Waals surface area contributed by atoms with E-state index in [-0.39, 0.29) is 12.1 Å². The third kappa shape index (κ3) is 2.53. The number of hydrogen-bond donors (Lipinski definition) is 1. The van der Waals surface area contributed by atoms with Gasteiger partial charge in [-0.25, -0.2) is 4.98 Å². The van der Waals surface area contributed by atoms with E-state index >= 15 is 0 Å². The molecule has 1 aromatic carbocycles. The standard InChI is InChI=1S/C18H21N3OS/c1-11(2)10-21-16(17-20-14-8-5-9-15(14)23-17)19-13-7-4-3-6-12(13)18(21)22/h3-4,6-7,11,16,19H,5,8-10H2,1-2H3/t16-/m0/s1. The molecule has 0 spiro atoms. The second kappa shape index (κ2) is 5.64. The maximum atomic E-state index is 13.0. The van der Waals surface area contributed by atoms with Crippen LogP contribution < -0.4 is 5.32 Å². The largest absolute Gasteiger partial charge is 0.359 e. The number of hydrogen-bond acceptors (Lipinski definition) is 4. The third-order valence-corrected chi connectivity index (χ3v) is 5.64. The first kappa shape index (κ1) is 14.7. The van der Waals surface area contributed by atoms with Gasteiger partial charge in [-0.15, -0.1) is 11.3 Å². The summed E-state index contributed by atoms with van der Waals surface area (Å²) < 4.78 is 0. The molecule has 5 heteroatoms. The van der Waals surface area contributed by atoms with Crippen molar-refractivity contribution in [3.8, 4) is 0 Å². The van der Waals surface area contributed by atoms with Gasteiger partial charge in [0.15, 0.2) is 6.17 Å². The van der Waals surface area contributed by atoms with Gasteiger partial charge in [-0.3, -0.25) is 4.79 Å². The predicted octanol–water partition coefficient (Wildman–Crippen LogP) is 3.85. The zero-order valence-corrected chi connectivity index (χ0v) is 14.3. The van der Waals surface area contributed by atoms with Gasteiger partial charge in [-0.2, -0.15) is 0 Å². The molecule has 4 nitrogen and oxygen atoms in total. The van der Waals surface area contributed by atoms with Gasteiger partial charge < -0.3 is 10.2 Å². The second-order valence-electron chi connectivity index (χ2n) is 6.72. The molecule has 0 saturated heterocycles. The van der Waals surface area contributed by atoms with Gasteiger partial charge in [0.05, 0.1) is 11.3 Å². The van der Waals surface area contributed by atoms with Crippen LogP contribution in [0.2, 0.25) is 0 Å². The molecule has 1 aliphatic heterocycles. The van der Waals surface area contributed by atoms with E-state index in [1.165, 1.54) is 17.0 Å². The maximum absolute atomic E-state index is 13.0. The number of amides is 1. The Morgan fingerprint density at radius 2 is 2.17 bits per heavy atom. The summed E-state index contributed by atoms with van der Waals surface area (Å²) in [6, 6.07) is 7.77. The van der Waals surface area contributed by atoms with E-state index in [0.717, 1.165) is 35.6 Å². The van der Waals surface area contributed by atoms with Crippen molar-refractivity contribution in [1.29, 1.82) is 0 Å². The van der Waals surface area contributed by atoms with Crippen LogP contribution in [0, 0.1) is 5.92 Å². The highest BCUT2D eigenvalue weighted by Crippen LogP contribution is 2.37. The molecule has 23 heavy (non-hydrogen) atoms. The molecule has 1 aromatic heterocycles. The van der Waals surface area contributed by atoms with E-state index in [1.807, 2.05) is 29.2 Å². The Balaban J connectivity index is 1.74. The van der Waals surface area contributed by atoms with Crippen LogP contribution in [-0.4, -0.2) is 22.3 Å². The van der Waals surface area contributed by atoms with Crippen LogP contribution in [0.3, 0.4) is 0 Å². The van der Waals surface area contributed by atoms with Crippen LogP contribution in [0.4, 0.5) is 5.69 Å². The van der Waals surface area contributed by atoms with Crippen molar-refractivity contribution in [2.24, 2.45) is 5.92 Å². The lowest BCUT2D eigenvalue weighted by atomic mass is 10.1. The number of anilines is 1. The topological polar surface area (TPSA) is 45.2 Å². The van der Waals surface area contributed by atoms with Crippen LogP contribution in [0.5, 0.6) is 0 Å². The fourth-order valence-electron chi connectivity index (χ4n) is 3.40. The van der Waals surface area contributed by atoms with Crippen LogP contribution in [0.25, 0.3) is 0 Å². The number of nitrogens with zero attached hydrogens (tertiary/aromatic N) is 2. The van der Waals surface area contributed by atoms with Gasteiger partial charge >= 0.3 is 0 Å². The van der Waals surface area contributed by atoms with Crippen LogP contribution in [0.1, 0.15) is 52.4 Å².